The van der Waals surface area contributed by atoms with Gasteiger partial charge in [-0.15, -0.1) is 0 Å². The smallest absolute Gasteiger partial charge is 0.256 e. The summed E-state index contributed by atoms with van der Waals surface area (Å²) in [6.07, 6.45) is 0. The molecule has 1 N–H and O–H groups in total. The zero-order chi connectivity index (χ0) is 20.7. The Morgan fingerprint density at radius 3 is 2.04 bits per heavy atom. The summed E-state index contributed by atoms with van der Waals surface area (Å²) in [5.74, 6) is -0.249. The van der Waals surface area contributed by atoms with E-state index in [4.69, 9.17) is 0 Å². The van der Waals surface area contributed by atoms with E-state index in [1.54, 1.807) is 36.1 Å². The van der Waals surface area contributed by atoms with Gasteiger partial charge in [0.1, 0.15) is 0 Å². The van der Waals surface area contributed by atoms with Crippen LogP contribution in [-0.4, -0.2) is 50.5 Å². The highest BCUT2D eigenvalue weighted by Crippen LogP contribution is 2.20. The van der Waals surface area contributed by atoms with Crippen LogP contribution in [0.25, 0.3) is 0 Å². The molecule has 0 unspecified atom stereocenters. The number of carbonyl (C=O) groups is 1. The predicted molar refractivity (Wildman–Crippen MR) is 114 cm³/mol. The van der Waals surface area contributed by atoms with Gasteiger partial charge < -0.3 is 9.80 Å². The number of para-hydroxylation sites is 1. The maximum atomic E-state index is 13.1. The summed E-state index contributed by atoms with van der Waals surface area (Å²) in [6, 6.07) is 14.9. The largest absolute Gasteiger partial charge is 0.335 e. The van der Waals surface area contributed by atoms with Crippen LogP contribution in [0.3, 0.4) is 0 Å². The summed E-state index contributed by atoms with van der Waals surface area (Å²) >= 11 is 0. The molecular weight excluding hydrogens is 374 g/mol. The predicted octanol–water partition coefficient (Wildman–Crippen LogP) is 3.17. The van der Waals surface area contributed by atoms with E-state index in [0.29, 0.717) is 24.3 Å². The molecule has 0 radical (unpaired) electrons. The van der Waals surface area contributed by atoms with Gasteiger partial charge in [-0.3, -0.25) is 9.52 Å². The molecule has 0 saturated carbocycles. The lowest BCUT2D eigenvalue weighted by Gasteiger charge is -2.23. The Hall–Kier alpha value is -2.38. The molecule has 28 heavy (non-hydrogen) atoms. The SMILES string of the molecule is CCN(Cc1ccc(CN(C)C)cc1)C(=O)c1ccccc1NS(=O)(=O)CC. The average molecular weight is 404 g/mol. The number of anilines is 1. The first-order valence-electron chi connectivity index (χ1n) is 9.37. The monoisotopic (exact) mass is 403 g/mol. The first-order chi connectivity index (χ1) is 13.3. The van der Waals surface area contributed by atoms with Crippen molar-refractivity contribution in [2.45, 2.75) is 26.9 Å². The van der Waals surface area contributed by atoms with Crippen LogP contribution in [0.2, 0.25) is 0 Å². The molecule has 1 amide bonds. The molecule has 0 aliphatic heterocycles. The fourth-order valence-corrected chi connectivity index (χ4v) is 3.49. The molecule has 7 heteroatoms. The van der Waals surface area contributed by atoms with Crippen molar-refractivity contribution in [3.05, 3.63) is 65.2 Å². The van der Waals surface area contributed by atoms with Crippen molar-refractivity contribution >= 4 is 21.6 Å². The number of amides is 1. The van der Waals surface area contributed by atoms with E-state index in [2.05, 4.69) is 21.8 Å². The third kappa shape index (κ3) is 6.07. The third-order valence-corrected chi connectivity index (χ3v) is 5.66. The van der Waals surface area contributed by atoms with Gasteiger partial charge in [0, 0.05) is 19.6 Å². The highest BCUT2D eigenvalue weighted by Gasteiger charge is 2.20. The first-order valence-corrected chi connectivity index (χ1v) is 11.0. The summed E-state index contributed by atoms with van der Waals surface area (Å²) < 4.78 is 26.4. The number of benzene rings is 2. The number of carbonyl (C=O) groups excluding carboxylic acids is 1. The van der Waals surface area contributed by atoms with Gasteiger partial charge >= 0.3 is 0 Å². The number of nitrogens with one attached hydrogen (secondary N) is 1. The van der Waals surface area contributed by atoms with Crippen LogP contribution in [0.4, 0.5) is 5.69 Å². The van der Waals surface area contributed by atoms with E-state index in [-0.39, 0.29) is 11.7 Å². The van der Waals surface area contributed by atoms with Gasteiger partial charge in [-0.1, -0.05) is 36.4 Å². The highest BCUT2D eigenvalue weighted by molar-refractivity contribution is 7.92. The minimum absolute atomic E-state index is 0.0493. The number of hydrogen-bond acceptors (Lipinski definition) is 4. The van der Waals surface area contributed by atoms with Gasteiger partial charge in [0.25, 0.3) is 5.91 Å². The van der Waals surface area contributed by atoms with Crippen molar-refractivity contribution < 1.29 is 13.2 Å². The summed E-state index contributed by atoms with van der Waals surface area (Å²) in [6.45, 7) is 5.32. The third-order valence-electron chi connectivity index (χ3n) is 4.37. The van der Waals surface area contributed by atoms with E-state index in [0.717, 1.165) is 12.1 Å². The lowest BCUT2D eigenvalue weighted by molar-refractivity contribution is 0.0753. The van der Waals surface area contributed by atoms with Crippen molar-refractivity contribution in [1.82, 2.24) is 9.80 Å². The standard InChI is InChI=1S/C21H29N3O3S/c1-5-24(16-18-13-11-17(12-14-18)15-23(3)4)21(25)19-9-7-8-10-20(19)22-28(26,27)6-2/h7-14,22H,5-6,15-16H2,1-4H3. The molecule has 0 atom stereocenters. The summed E-state index contributed by atoms with van der Waals surface area (Å²) in [5, 5.41) is 0. The Balaban J connectivity index is 2.20. The van der Waals surface area contributed by atoms with Crippen LogP contribution in [0.1, 0.15) is 35.3 Å². The van der Waals surface area contributed by atoms with E-state index in [1.165, 1.54) is 5.56 Å². The Morgan fingerprint density at radius 2 is 1.50 bits per heavy atom. The number of nitrogens with zero attached hydrogens (tertiary/aromatic N) is 2. The molecule has 0 aliphatic rings. The van der Waals surface area contributed by atoms with Crippen molar-refractivity contribution in [2.24, 2.45) is 0 Å². The molecule has 152 valence electrons. The van der Waals surface area contributed by atoms with Gasteiger partial charge in [0.15, 0.2) is 0 Å². The molecule has 0 aromatic heterocycles. The number of sulfonamides is 1. The molecular formula is C21H29N3O3S. The topological polar surface area (TPSA) is 69.7 Å². The Bertz CT molecular complexity index is 893. The van der Waals surface area contributed by atoms with Crippen molar-refractivity contribution in [1.29, 1.82) is 0 Å². The maximum absolute atomic E-state index is 13.1. The first kappa shape index (κ1) is 21.9. The summed E-state index contributed by atoms with van der Waals surface area (Å²) in [7, 11) is 0.587. The minimum Gasteiger partial charge on any atom is -0.335 e. The average Bonchev–Trinajstić information content (AvgIpc) is 2.66. The maximum Gasteiger partial charge on any atom is 0.256 e. The number of rotatable bonds is 9. The molecule has 6 nitrogen and oxygen atoms in total. The fourth-order valence-electron chi connectivity index (χ4n) is 2.83. The van der Waals surface area contributed by atoms with Crippen LogP contribution in [0.15, 0.2) is 48.5 Å². The summed E-state index contributed by atoms with van der Waals surface area (Å²) in [4.78, 5) is 16.9. The van der Waals surface area contributed by atoms with E-state index < -0.39 is 10.0 Å². The van der Waals surface area contributed by atoms with E-state index in [9.17, 15) is 13.2 Å². The van der Waals surface area contributed by atoms with Crippen LogP contribution in [-0.2, 0) is 23.1 Å². The van der Waals surface area contributed by atoms with Crippen LogP contribution in [0, 0.1) is 0 Å². The second kappa shape index (κ2) is 9.71. The fraction of sp³-hybridized carbons (Fsp3) is 0.381. The Morgan fingerprint density at radius 1 is 0.929 bits per heavy atom. The lowest BCUT2D eigenvalue weighted by Crippen LogP contribution is -2.31. The van der Waals surface area contributed by atoms with Crippen molar-refractivity contribution in [3.8, 4) is 0 Å². The zero-order valence-electron chi connectivity index (χ0n) is 17.0. The second-order valence-corrected chi connectivity index (χ2v) is 8.94. The van der Waals surface area contributed by atoms with Gasteiger partial charge in [-0.05, 0) is 51.2 Å². The molecule has 0 fully saturated rings. The Kier molecular flexibility index (Phi) is 7.60. The molecule has 0 heterocycles. The summed E-state index contributed by atoms with van der Waals surface area (Å²) in [5.41, 5.74) is 2.91. The number of hydrogen-bond donors (Lipinski definition) is 1. The normalized spacial score (nSPS) is 11.5. The van der Waals surface area contributed by atoms with Crippen LogP contribution < -0.4 is 4.72 Å². The van der Waals surface area contributed by atoms with E-state index >= 15 is 0 Å². The minimum atomic E-state index is -3.46. The van der Waals surface area contributed by atoms with Crippen molar-refractivity contribution in [2.75, 3.05) is 31.1 Å². The molecule has 2 rings (SSSR count). The molecule has 2 aromatic rings. The molecule has 0 spiro atoms. The van der Waals surface area contributed by atoms with Gasteiger partial charge in [-0.25, -0.2) is 8.42 Å². The second-order valence-electron chi connectivity index (χ2n) is 6.92. The van der Waals surface area contributed by atoms with Gasteiger partial charge in [0.05, 0.1) is 17.0 Å². The molecule has 0 saturated heterocycles. The zero-order valence-corrected chi connectivity index (χ0v) is 17.8. The van der Waals surface area contributed by atoms with E-state index in [1.807, 2.05) is 33.2 Å². The molecule has 0 bridgehead atoms. The molecule has 0 aliphatic carbocycles. The van der Waals surface area contributed by atoms with Crippen LogP contribution >= 0.6 is 0 Å². The quantitative estimate of drug-likeness (QED) is 0.698. The van der Waals surface area contributed by atoms with Gasteiger partial charge in [0.2, 0.25) is 10.0 Å². The van der Waals surface area contributed by atoms with Gasteiger partial charge in [-0.2, -0.15) is 0 Å². The van der Waals surface area contributed by atoms with Crippen molar-refractivity contribution in [3.63, 3.8) is 0 Å². The molecule has 2 aromatic carbocycles. The van der Waals surface area contributed by atoms with Crippen LogP contribution in [0.5, 0.6) is 0 Å². The Labute approximate surface area is 168 Å². The lowest BCUT2D eigenvalue weighted by atomic mass is 10.1. The highest BCUT2D eigenvalue weighted by atomic mass is 32.2.